The molecule has 0 aliphatic carbocycles. The molecule has 94 valence electrons. The largest absolute Gasteiger partial charge is 0.484 e. The number of benzene rings is 1. The molecular formula is C10H13ClN2O4. The molecule has 1 aromatic carbocycles. The van der Waals surface area contributed by atoms with Crippen molar-refractivity contribution >= 4 is 17.3 Å². The van der Waals surface area contributed by atoms with Crippen LogP contribution < -0.4 is 10.5 Å². The van der Waals surface area contributed by atoms with Crippen LogP contribution in [-0.2, 0) is 4.74 Å². The lowest BCUT2D eigenvalue weighted by Crippen LogP contribution is -2.13. The Kier molecular flexibility index (Phi) is 5.68. The van der Waals surface area contributed by atoms with Crippen molar-refractivity contribution in [1.82, 2.24) is 0 Å². The van der Waals surface area contributed by atoms with Crippen LogP contribution in [0.1, 0.15) is 0 Å². The Hall–Kier alpha value is -1.37. The molecule has 6 nitrogen and oxygen atoms in total. The van der Waals surface area contributed by atoms with E-state index in [2.05, 4.69) is 0 Å². The summed E-state index contributed by atoms with van der Waals surface area (Å²) in [6.45, 7) is 1.42. The predicted molar refractivity (Wildman–Crippen MR) is 63.5 cm³/mol. The van der Waals surface area contributed by atoms with Gasteiger partial charge in [0.25, 0.3) is 0 Å². The van der Waals surface area contributed by atoms with Crippen molar-refractivity contribution < 1.29 is 14.4 Å². The van der Waals surface area contributed by atoms with Gasteiger partial charge in [-0.1, -0.05) is 11.6 Å². The zero-order chi connectivity index (χ0) is 12.7. The second-order valence-corrected chi connectivity index (χ2v) is 3.56. The maximum Gasteiger partial charge on any atom is 0.312 e. The van der Waals surface area contributed by atoms with Crippen molar-refractivity contribution in [2.75, 3.05) is 26.4 Å². The van der Waals surface area contributed by atoms with Crippen molar-refractivity contribution in [2.45, 2.75) is 0 Å². The van der Waals surface area contributed by atoms with Gasteiger partial charge in [0.1, 0.15) is 6.61 Å². The monoisotopic (exact) mass is 260 g/mol. The number of rotatable bonds is 7. The van der Waals surface area contributed by atoms with Crippen LogP contribution in [0.3, 0.4) is 0 Å². The van der Waals surface area contributed by atoms with Crippen LogP contribution in [0.25, 0.3) is 0 Å². The lowest BCUT2D eigenvalue weighted by molar-refractivity contribution is -0.385. The summed E-state index contributed by atoms with van der Waals surface area (Å²) in [7, 11) is 0. The first-order chi connectivity index (χ1) is 8.15. The molecule has 0 atom stereocenters. The van der Waals surface area contributed by atoms with E-state index in [0.717, 1.165) is 0 Å². The molecule has 1 rings (SSSR count). The Bertz CT molecular complexity index is 387. The van der Waals surface area contributed by atoms with Gasteiger partial charge in [0.05, 0.1) is 18.1 Å². The third-order valence-electron chi connectivity index (χ3n) is 1.87. The molecule has 0 aromatic heterocycles. The van der Waals surface area contributed by atoms with Crippen molar-refractivity contribution in [3.05, 3.63) is 33.3 Å². The lowest BCUT2D eigenvalue weighted by Gasteiger charge is -2.07. The van der Waals surface area contributed by atoms with Gasteiger partial charge in [-0.25, -0.2) is 0 Å². The molecule has 1 aromatic rings. The minimum atomic E-state index is -0.540. The summed E-state index contributed by atoms with van der Waals surface area (Å²) >= 11 is 5.66. The first-order valence-corrected chi connectivity index (χ1v) is 5.37. The molecule has 0 saturated carbocycles. The molecule has 0 unspecified atom stereocenters. The first-order valence-electron chi connectivity index (χ1n) is 4.99. The molecule has 2 N–H and O–H groups in total. The number of hydrogen-bond donors (Lipinski definition) is 1. The normalized spacial score (nSPS) is 10.2. The zero-order valence-corrected chi connectivity index (χ0v) is 9.85. The Morgan fingerprint density at radius 3 is 2.76 bits per heavy atom. The average molecular weight is 261 g/mol. The van der Waals surface area contributed by atoms with E-state index in [0.29, 0.717) is 24.8 Å². The zero-order valence-electron chi connectivity index (χ0n) is 9.10. The molecular weight excluding hydrogens is 248 g/mol. The van der Waals surface area contributed by atoms with Gasteiger partial charge in [-0.05, 0) is 12.1 Å². The van der Waals surface area contributed by atoms with Crippen molar-refractivity contribution in [2.24, 2.45) is 5.73 Å². The number of nitrogens with zero attached hydrogens (tertiary/aromatic N) is 1. The molecule has 0 amide bonds. The highest BCUT2D eigenvalue weighted by Crippen LogP contribution is 2.29. The molecule has 0 fully saturated rings. The molecule has 0 bridgehead atoms. The van der Waals surface area contributed by atoms with Gasteiger partial charge in [0.2, 0.25) is 0 Å². The van der Waals surface area contributed by atoms with E-state index in [9.17, 15) is 10.1 Å². The quantitative estimate of drug-likeness (QED) is 0.457. The SMILES string of the molecule is NCCOCCOc1ccc(Cl)cc1[N+](=O)[O-]. The van der Waals surface area contributed by atoms with Crippen LogP contribution in [0.15, 0.2) is 18.2 Å². The van der Waals surface area contributed by atoms with E-state index >= 15 is 0 Å². The van der Waals surface area contributed by atoms with Crippen LogP contribution in [0.5, 0.6) is 5.75 Å². The molecule has 0 aliphatic heterocycles. The summed E-state index contributed by atoms with van der Waals surface area (Å²) in [5, 5.41) is 11.0. The molecule has 0 heterocycles. The fourth-order valence-corrected chi connectivity index (χ4v) is 1.32. The maximum atomic E-state index is 10.7. The summed E-state index contributed by atoms with van der Waals surface area (Å²) in [5.74, 6) is 0.177. The predicted octanol–water partition coefficient (Wildman–Crippen LogP) is 1.60. The number of hydrogen-bond acceptors (Lipinski definition) is 5. The summed E-state index contributed by atoms with van der Waals surface area (Å²) in [6, 6.07) is 4.24. The van der Waals surface area contributed by atoms with E-state index < -0.39 is 4.92 Å². The smallest absolute Gasteiger partial charge is 0.312 e. The third-order valence-corrected chi connectivity index (χ3v) is 2.10. The van der Waals surface area contributed by atoms with E-state index in [1.807, 2.05) is 0 Å². The number of nitrogens with two attached hydrogens (primary N) is 1. The van der Waals surface area contributed by atoms with Crippen LogP contribution in [0, 0.1) is 10.1 Å². The van der Waals surface area contributed by atoms with E-state index in [-0.39, 0.29) is 18.0 Å². The van der Waals surface area contributed by atoms with E-state index in [1.54, 1.807) is 0 Å². The number of halogens is 1. The van der Waals surface area contributed by atoms with Crippen LogP contribution >= 0.6 is 11.6 Å². The fraction of sp³-hybridized carbons (Fsp3) is 0.400. The first kappa shape index (κ1) is 13.7. The van der Waals surface area contributed by atoms with Gasteiger partial charge in [-0.15, -0.1) is 0 Å². The van der Waals surface area contributed by atoms with Crippen molar-refractivity contribution in [3.8, 4) is 5.75 Å². The fourth-order valence-electron chi connectivity index (χ4n) is 1.15. The molecule has 7 heteroatoms. The molecule has 0 saturated heterocycles. The van der Waals surface area contributed by atoms with E-state index in [4.69, 9.17) is 26.8 Å². The summed E-state index contributed by atoms with van der Waals surface area (Å²) in [6.07, 6.45) is 0. The second-order valence-electron chi connectivity index (χ2n) is 3.12. The highest BCUT2D eigenvalue weighted by Gasteiger charge is 2.15. The average Bonchev–Trinajstić information content (AvgIpc) is 2.30. The molecule has 0 spiro atoms. The van der Waals surface area contributed by atoms with Gasteiger partial charge in [-0.2, -0.15) is 0 Å². The summed E-state index contributed by atoms with van der Waals surface area (Å²) in [4.78, 5) is 10.2. The van der Waals surface area contributed by atoms with Gasteiger partial charge < -0.3 is 15.2 Å². The lowest BCUT2D eigenvalue weighted by atomic mass is 10.3. The van der Waals surface area contributed by atoms with Gasteiger partial charge in [0.15, 0.2) is 5.75 Å². The molecule has 0 aliphatic rings. The topological polar surface area (TPSA) is 87.6 Å². The second kappa shape index (κ2) is 7.05. The highest BCUT2D eigenvalue weighted by atomic mass is 35.5. The minimum Gasteiger partial charge on any atom is -0.484 e. The van der Waals surface area contributed by atoms with E-state index in [1.165, 1.54) is 18.2 Å². The highest BCUT2D eigenvalue weighted by molar-refractivity contribution is 6.30. The van der Waals surface area contributed by atoms with Crippen LogP contribution in [-0.4, -0.2) is 31.3 Å². The van der Waals surface area contributed by atoms with Crippen LogP contribution in [0.4, 0.5) is 5.69 Å². The van der Waals surface area contributed by atoms with Gasteiger partial charge in [0, 0.05) is 17.6 Å². The minimum absolute atomic E-state index is 0.156. The van der Waals surface area contributed by atoms with Crippen molar-refractivity contribution in [3.63, 3.8) is 0 Å². The summed E-state index contributed by atoms with van der Waals surface area (Å²) in [5.41, 5.74) is 5.08. The Morgan fingerprint density at radius 2 is 2.12 bits per heavy atom. The Labute approximate surface area is 103 Å². The number of nitro groups is 1. The Balaban J connectivity index is 2.55. The van der Waals surface area contributed by atoms with Crippen LogP contribution in [0.2, 0.25) is 5.02 Å². The van der Waals surface area contributed by atoms with Gasteiger partial charge in [-0.3, -0.25) is 10.1 Å². The molecule has 17 heavy (non-hydrogen) atoms. The number of nitro benzene ring substituents is 1. The number of ether oxygens (including phenoxy) is 2. The standard InChI is InChI=1S/C10H13ClN2O4/c11-8-1-2-10(9(7-8)13(14)15)17-6-5-16-4-3-12/h1-2,7H,3-6,12H2. The summed E-state index contributed by atoms with van der Waals surface area (Å²) < 4.78 is 10.3. The Morgan fingerprint density at radius 1 is 1.35 bits per heavy atom. The molecule has 0 radical (unpaired) electrons. The van der Waals surface area contributed by atoms with Crippen molar-refractivity contribution in [1.29, 1.82) is 0 Å². The third kappa shape index (κ3) is 4.56. The van der Waals surface area contributed by atoms with Gasteiger partial charge >= 0.3 is 5.69 Å². The maximum absolute atomic E-state index is 10.7.